The molecule has 0 aliphatic carbocycles. The van der Waals surface area contributed by atoms with Crippen molar-refractivity contribution in [2.75, 3.05) is 7.05 Å². The summed E-state index contributed by atoms with van der Waals surface area (Å²) in [7, 11) is 1.79. The normalized spacial score (nSPS) is 12.6. The summed E-state index contributed by atoms with van der Waals surface area (Å²) in [4.78, 5) is 17.2. The van der Waals surface area contributed by atoms with Crippen LogP contribution in [0.1, 0.15) is 11.9 Å². The molecule has 0 aliphatic heterocycles. The van der Waals surface area contributed by atoms with Gasteiger partial charge in [-0.1, -0.05) is 30.3 Å². The Kier molecular flexibility index (Phi) is 4.29. The lowest BCUT2D eigenvalue weighted by Gasteiger charge is -2.19. The Morgan fingerprint density at radius 2 is 2.11 bits per heavy atom. The van der Waals surface area contributed by atoms with Crippen LogP contribution in [0.3, 0.4) is 0 Å². The van der Waals surface area contributed by atoms with Gasteiger partial charge in [0.2, 0.25) is 0 Å². The molecule has 0 fully saturated rings. The minimum atomic E-state index is -0.817. The van der Waals surface area contributed by atoms with E-state index < -0.39 is 12.0 Å². The lowest BCUT2D eigenvalue weighted by molar-refractivity contribution is -0.142. The van der Waals surface area contributed by atoms with Crippen molar-refractivity contribution < 1.29 is 9.90 Å². The molecule has 2 aromatic rings. The third-order valence-corrected chi connectivity index (χ3v) is 3.86. The SMILES string of the molecule is CC(C(=O)O)N(C)Cc1nc(-c2ccccc2)cs1. The van der Waals surface area contributed by atoms with Gasteiger partial charge in [0.05, 0.1) is 12.2 Å². The van der Waals surface area contributed by atoms with Crippen molar-refractivity contribution in [2.24, 2.45) is 0 Å². The number of hydrogen-bond donors (Lipinski definition) is 1. The van der Waals surface area contributed by atoms with Crippen molar-refractivity contribution >= 4 is 17.3 Å². The number of aliphatic carboxylic acids is 1. The van der Waals surface area contributed by atoms with E-state index in [1.165, 1.54) is 0 Å². The smallest absolute Gasteiger partial charge is 0.320 e. The van der Waals surface area contributed by atoms with Crippen molar-refractivity contribution in [3.05, 3.63) is 40.7 Å². The Morgan fingerprint density at radius 1 is 1.42 bits per heavy atom. The lowest BCUT2D eigenvalue weighted by atomic mass is 10.2. The van der Waals surface area contributed by atoms with Gasteiger partial charge in [-0.25, -0.2) is 4.98 Å². The number of nitrogens with zero attached hydrogens (tertiary/aromatic N) is 2. The fourth-order valence-corrected chi connectivity index (χ4v) is 2.53. The largest absolute Gasteiger partial charge is 0.480 e. The maximum atomic E-state index is 10.9. The maximum absolute atomic E-state index is 10.9. The van der Waals surface area contributed by atoms with E-state index in [9.17, 15) is 4.79 Å². The molecule has 19 heavy (non-hydrogen) atoms. The summed E-state index contributed by atoms with van der Waals surface area (Å²) in [5.74, 6) is -0.817. The third-order valence-electron chi connectivity index (χ3n) is 3.02. The number of carboxylic acids is 1. The van der Waals surface area contributed by atoms with E-state index in [-0.39, 0.29) is 0 Å². The monoisotopic (exact) mass is 276 g/mol. The van der Waals surface area contributed by atoms with E-state index in [0.717, 1.165) is 16.3 Å². The molecule has 0 amide bonds. The minimum Gasteiger partial charge on any atom is -0.480 e. The number of carbonyl (C=O) groups is 1. The third kappa shape index (κ3) is 3.39. The average molecular weight is 276 g/mol. The van der Waals surface area contributed by atoms with Crippen LogP contribution in [-0.4, -0.2) is 34.0 Å². The molecule has 100 valence electrons. The Bertz CT molecular complexity index is 554. The van der Waals surface area contributed by atoms with E-state index in [1.54, 1.807) is 30.2 Å². The molecular weight excluding hydrogens is 260 g/mol. The van der Waals surface area contributed by atoms with Crippen LogP contribution >= 0.6 is 11.3 Å². The molecule has 1 aromatic heterocycles. The fraction of sp³-hybridized carbons (Fsp3) is 0.286. The van der Waals surface area contributed by atoms with Crippen LogP contribution in [0.2, 0.25) is 0 Å². The van der Waals surface area contributed by atoms with E-state index in [0.29, 0.717) is 6.54 Å². The van der Waals surface area contributed by atoms with Crippen molar-refractivity contribution in [2.45, 2.75) is 19.5 Å². The first-order valence-corrected chi connectivity index (χ1v) is 6.89. The molecule has 0 aliphatic rings. The second-order valence-electron chi connectivity index (χ2n) is 4.42. The first kappa shape index (κ1) is 13.7. The van der Waals surface area contributed by atoms with Gasteiger partial charge in [0.25, 0.3) is 0 Å². The molecule has 2 rings (SSSR count). The van der Waals surface area contributed by atoms with Gasteiger partial charge in [0, 0.05) is 10.9 Å². The van der Waals surface area contributed by atoms with Gasteiger partial charge in [0.1, 0.15) is 11.0 Å². The van der Waals surface area contributed by atoms with Gasteiger partial charge in [-0.05, 0) is 14.0 Å². The van der Waals surface area contributed by atoms with E-state index in [4.69, 9.17) is 5.11 Å². The zero-order valence-corrected chi connectivity index (χ0v) is 11.7. The molecule has 0 bridgehead atoms. The molecule has 0 saturated heterocycles. The first-order valence-electron chi connectivity index (χ1n) is 6.01. The molecular formula is C14H16N2O2S. The van der Waals surface area contributed by atoms with Gasteiger partial charge in [0.15, 0.2) is 0 Å². The van der Waals surface area contributed by atoms with Crippen LogP contribution in [0, 0.1) is 0 Å². The predicted molar refractivity (Wildman–Crippen MR) is 76.1 cm³/mol. The second-order valence-corrected chi connectivity index (χ2v) is 5.36. The van der Waals surface area contributed by atoms with Crippen LogP contribution in [0.25, 0.3) is 11.3 Å². The van der Waals surface area contributed by atoms with Gasteiger partial charge in [-0.15, -0.1) is 11.3 Å². The van der Waals surface area contributed by atoms with E-state index in [1.807, 2.05) is 35.7 Å². The zero-order valence-electron chi connectivity index (χ0n) is 10.9. The standard InChI is InChI=1S/C14H16N2O2S/c1-10(14(17)18)16(2)8-13-15-12(9-19-13)11-6-4-3-5-7-11/h3-7,9-10H,8H2,1-2H3,(H,17,18). The summed E-state index contributed by atoms with van der Waals surface area (Å²) in [6, 6.07) is 9.45. The van der Waals surface area contributed by atoms with Crippen LogP contribution < -0.4 is 0 Å². The molecule has 0 spiro atoms. The van der Waals surface area contributed by atoms with Gasteiger partial charge < -0.3 is 5.11 Å². The summed E-state index contributed by atoms with van der Waals surface area (Å²) >= 11 is 1.56. The Labute approximate surface area is 116 Å². The van der Waals surface area contributed by atoms with E-state index >= 15 is 0 Å². The lowest BCUT2D eigenvalue weighted by Crippen LogP contribution is -2.35. The van der Waals surface area contributed by atoms with Gasteiger partial charge in [-0.2, -0.15) is 0 Å². The summed E-state index contributed by atoms with van der Waals surface area (Å²) in [5, 5.41) is 11.9. The Balaban J connectivity index is 2.08. The molecule has 1 N–H and O–H groups in total. The van der Waals surface area contributed by atoms with E-state index in [2.05, 4.69) is 4.98 Å². The highest BCUT2D eigenvalue weighted by atomic mass is 32.1. The number of hydrogen-bond acceptors (Lipinski definition) is 4. The number of thiazole rings is 1. The highest BCUT2D eigenvalue weighted by Gasteiger charge is 2.18. The Morgan fingerprint density at radius 3 is 2.74 bits per heavy atom. The fourth-order valence-electron chi connectivity index (χ4n) is 1.66. The number of likely N-dealkylation sites (N-methyl/N-ethyl adjacent to an activating group) is 1. The molecule has 5 heteroatoms. The number of benzene rings is 1. The molecule has 1 atom stereocenters. The molecule has 4 nitrogen and oxygen atoms in total. The summed E-state index contributed by atoms with van der Waals surface area (Å²) in [5.41, 5.74) is 2.02. The first-order chi connectivity index (χ1) is 9.08. The highest BCUT2D eigenvalue weighted by Crippen LogP contribution is 2.22. The molecule has 1 heterocycles. The van der Waals surface area contributed by atoms with Crippen LogP contribution in [0.4, 0.5) is 0 Å². The number of rotatable bonds is 5. The number of aromatic nitrogens is 1. The predicted octanol–water partition coefficient (Wildman–Crippen LogP) is 2.72. The second kappa shape index (κ2) is 5.95. The van der Waals surface area contributed by atoms with Crippen LogP contribution in [0.15, 0.2) is 35.7 Å². The Hall–Kier alpha value is -1.72. The maximum Gasteiger partial charge on any atom is 0.320 e. The van der Waals surface area contributed by atoms with Crippen molar-refractivity contribution in [1.29, 1.82) is 0 Å². The average Bonchev–Trinajstić information content (AvgIpc) is 2.87. The summed E-state index contributed by atoms with van der Waals surface area (Å²) < 4.78 is 0. The molecule has 1 unspecified atom stereocenters. The summed E-state index contributed by atoms with van der Waals surface area (Å²) in [6.07, 6.45) is 0. The zero-order chi connectivity index (χ0) is 13.8. The quantitative estimate of drug-likeness (QED) is 0.912. The molecule has 0 saturated carbocycles. The molecule has 0 radical (unpaired) electrons. The summed E-state index contributed by atoms with van der Waals surface area (Å²) in [6.45, 7) is 2.22. The van der Waals surface area contributed by atoms with Crippen molar-refractivity contribution in [1.82, 2.24) is 9.88 Å². The van der Waals surface area contributed by atoms with Crippen molar-refractivity contribution in [3.8, 4) is 11.3 Å². The van der Waals surface area contributed by atoms with Crippen LogP contribution in [-0.2, 0) is 11.3 Å². The number of carboxylic acid groups (broad SMARTS) is 1. The van der Waals surface area contributed by atoms with Crippen molar-refractivity contribution in [3.63, 3.8) is 0 Å². The highest BCUT2D eigenvalue weighted by molar-refractivity contribution is 7.09. The van der Waals surface area contributed by atoms with Crippen LogP contribution in [0.5, 0.6) is 0 Å². The minimum absolute atomic E-state index is 0.510. The van der Waals surface area contributed by atoms with Gasteiger partial charge in [-0.3, -0.25) is 9.69 Å². The van der Waals surface area contributed by atoms with Gasteiger partial charge >= 0.3 is 5.97 Å². The topological polar surface area (TPSA) is 53.4 Å². The molecule has 1 aromatic carbocycles.